The molecule has 57 heavy (non-hydrogen) atoms. The molecule has 7 atom stereocenters. The number of carbonyl (C=O) groups excluding carboxylic acids is 2. The highest BCUT2D eigenvalue weighted by Gasteiger charge is 2.65. The van der Waals surface area contributed by atoms with E-state index in [-0.39, 0.29) is 52.6 Å². The van der Waals surface area contributed by atoms with Crippen molar-refractivity contribution < 1.29 is 47.0 Å². The topological polar surface area (TPSA) is 126 Å². The molecule has 14 heteroatoms. The number of benzene rings is 1. The quantitative estimate of drug-likeness (QED) is 0.0687. The first-order chi connectivity index (χ1) is 25.8. The molecule has 0 saturated carbocycles. The smallest absolute Gasteiger partial charge is 0.248 e. The molecule has 0 spiro atoms. The van der Waals surface area contributed by atoms with Gasteiger partial charge in [-0.15, -0.1) is 0 Å². The molecule has 1 aromatic carbocycles. The van der Waals surface area contributed by atoms with Gasteiger partial charge >= 0.3 is 0 Å². The summed E-state index contributed by atoms with van der Waals surface area (Å²) in [4.78, 5) is 33.8. The Labute approximate surface area is 349 Å². The summed E-state index contributed by atoms with van der Waals surface area (Å²) in [5, 5.41) is 12.5. The second kappa shape index (κ2) is 19.5. The SMILES string of the molecule is COc1ccc(COC[C@H](C)[C@H]2O[C@]2(C)[C@@H](O[Si](C)(C)C(C)(C)C)[C@@H](CO[Si](C)(C)C(C)(C)C)C(=O)[C@@H](CO[Si](C)(C)C(C)(C)C)[C@H](O)CC(=O)N(C)OC)cc1. The Bertz CT molecular complexity index is 1450. The third-order valence-corrected chi connectivity index (χ3v) is 26.9. The average molecular weight is 856 g/mol. The number of Topliss-reactive ketones (excluding diaryl/α,β-unsaturated/α-hetero) is 1. The summed E-state index contributed by atoms with van der Waals surface area (Å²) in [6.45, 7) is 37.5. The van der Waals surface area contributed by atoms with Gasteiger partial charge in [0.15, 0.2) is 25.0 Å². The number of rotatable bonds is 22. The van der Waals surface area contributed by atoms with E-state index >= 15 is 4.79 Å². The van der Waals surface area contributed by atoms with Gasteiger partial charge in [-0.05, 0) is 79.0 Å². The van der Waals surface area contributed by atoms with Crippen LogP contribution in [0.3, 0.4) is 0 Å². The highest BCUT2D eigenvalue weighted by molar-refractivity contribution is 6.75. The zero-order chi connectivity index (χ0) is 44.2. The molecule has 11 nitrogen and oxygen atoms in total. The molecule has 1 aliphatic heterocycles. The number of ketones is 1. The summed E-state index contributed by atoms with van der Waals surface area (Å²) in [7, 11) is -2.83. The predicted octanol–water partition coefficient (Wildman–Crippen LogP) is 9.01. The Morgan fingerprint density at radius 1 is 0.807 bits per heavy atom. The second-order valence-corrected chi connectivity index (χ2v) is 35.3. The van der Waals surface area contributed by atoms with Gasteiger partial charge in [-0.1, -0.05) is 81.4 Å². The monoisotopic (exact) mass is 856 g/mol. The summed E-state index contributed by atoms with van der Waals surface area (Å²) in [5.74, 6) is -1.82. The van der Waals surface area contributed by atoms with Crippen molar-refractivity contribution in [3.63, 3.8) is 0 Å². The highest BCUT2D eigenvalue weighted by atomic mass is 28.4. The first-order valence-corrected chi connectivity index (χ1v) is 29.4. The number of amides is 1. The molecule has 0 aromatic heterocycles. The molecule has 1 aromatic rings. The van der Waals surface area contributed by atoms with Crippen molar-refractivity contribution in [2.75, 3.05) is 41.1 Å². The molecule has 0 radical (unpaired) electrons. The van der Waals surface area contributed by atoms with Gasteiger partial charge in [0.25, 0.3) is 0 Å². The van der Waals surface area contributed by atoms with E-state index in [9.17, 15) is 9.90 Å². The molecule has 330 valence electrons. The van der Waals surface area contributed by atoms with E-state index in [1.807, 2.05) is 31.2 Å². The first-order valence-electron chi connectivity index (χ1n) is 20.6. The number of aliphatic hydroxyl groups is 1. The predicted molar refractivity (Wildman–Crippen MR) is 236 cm³/mol. The normalized spacial score (nSPS) is 21.0. The van der Waals surface area contributed by atoms with Crippen LogP contribution in [0.2, 0.25) is 54.4 Å². The van der Waals surface area contributed by atoms with Crippen LogP contribution in [0.5, 0.6) is 5.75 Å². The Kier molecular flexibility index (Phi) is 17.7. The first kappa shape index (κ1) is 51.7. The molecule has 1 N–H and O–H groups in total. The van der Waals surface area contributed by atoms with E-state index < -0.39 is 60.5 Å². The van der Waals surface area contributed by atoms with E-state index in [4.69, 9.17) is 32.3 Å². The Balaban J connectivity index is 2.69. The molecule has 2 rings (SSSR count). The lowest BCUT2D eigenvalue weighted by Crippen LogP contribution is -2.56. The zero-order valence-corrected chi connectivity index (χ0v) is 42.4. The molecular formula is C43H81NO10Si3. The maximum Gasteiger partial charge on any atom is 0.248 e. The molecule has 0 aliphatic carbocycles. The fourth-order valence-electron chi connectivity index (χ4n) is 5.97. The molecule has 0 bridgehead atoms. The van der Waals surface area contributed by atoms with Crippen LogP contribution in [0.1, 0.15) is 88.1 Å². The number of ether oxygens (including phenoxy) is 3. The number of hydrogen-bond donors (Lipinski definition) is 1. The number of hydroxylamine groups is 2. The summed E-state index contributed by atoms with van der Waals surface area (Å²) in [6.07, 6.45) is -2.64. The fourth-order valence-corrected chi connectivity index (χ4v) is 9.42. The molecule has 1 aliphatic rings. The molecule has 0 unspecified atom stereocenters. The summed E-state index contributed by atoms with van der Waals surface area (Å²) in [5.41, 5.74) is 0.173. The van der Waals surface area contributed by atoms with Gasteiger partial charge in [0, 0.05) is 26.2 Å². The second-order valence-electron chi connectivity index (χ2n) is 21.0. The van der Waals surface area contributed by atoms with Crippen LogP contribution in [-0.4, -0.2) is 112 Å². The minimum absolute atomic E-state index is 0.0265. The maximum absolute atomic E-state index is 15.5. The van der Waals surface area contributed by atoms with Crippen molar-refractivity contribution in [1.29, 1.82) is 0 Å². The van der Waals surface area contributed by atoms with Crippen LogP contribution in [0.15, 0.2) is 24.3 Å². The van der Waals surface area contributed by atoms with Crippen molar-refractivity contribution in [2.45, 2.75) is 167 Å². The van der Waals surface area contributed by atoms with E-state index in [0.29, 0.717) is 13.2 Å². The van der Waals surface area contributed by atoms with E-state index in [0.717, 1.165) is 16.4 Å². The summed E-state index contributed by atoms with van der Waals surface area (Å²) < 4.78 is 39.2. The number of epoxide rings is 1. The number of aliphatic hydroxyl groups excluding tert-OH is 1. The van der Waals surface area contributed by atoms with Gasteiger partial charge < -0.3 is 32.6 Å². The fraction of sp³-hybridized carbons (Fsp3) is 0.814. The number of carbonyl (C=O) groups is 2. The Hall–Kier alpha value is -1.47. The average Bonchev–Trinajstić information content (AvgIpc) is 3.78. The van der Waals surface area contributed by atoms with Gasteiger partial charge in [0.1, 0.15) is 17.1 Å². The van der Waals surface area contributed by atoms with Gasteiger partial charge in [-0.2, -0.15) is 0 Å². The Morgan fingerprint density at radius 3 is 1.72 bits per heavy atom. The van der Waals surface area contributed by atoms with E-state index in [1.165, 1.54) is 14.2 Å². The molecule has 1 heterocycles. The highest BCUT2D eigenvalue weighted by Crippen LogP contribution is 2.51. The van der Waals surface area contributed by atoms with Crippen LogP contribution < -0.4 is 4.74 Å². The van der Waals surface area contributed by atoms with Crippen molar-refractivity contribution in [3.05, 3.63) is 29.8 Å². The van der Waals surface area contributed by atoms with Crippen LogP contribution in [-0.2, 0) is 43.8 Å². The van der Waals surface area contributed by atoms with Crippen molar-refractivity contribution in [2.24, 2.45) is 17.8 Å². The van der Waals surface area contributed by atoms with Crippen LogP contribution >= 0.6 is 0 Å². The molecular weight excluding hydrogens is 775 g/mol. The molecule has 1 fully saturated rings. The van der Waals surface area contributed by atoms with Crippen molar-refractivity contribution >= 4 is 36.6 Å². The van der Waals surface area contributed by atoms with Crippen molar-refractivity contribution in [1.82, 2.24) is 5.06 Å². The van der Waals surface area contributed by atoms with E-state index in [1.54, 1.807) is 7.11 Å². The largest absolute Gasteiger partial charge is 0.497 e. The van der Waals surface area contributed by atoms with Crippen LogP contribution in [0.4, 0.5) is 0 Å². The standard InChI is InChI=1S/C43H81NO10Si3/c1-30(26-50-27-31-21-23-32(48-13)24-22-31)38-43(11,53-38)39(54-57(19,20)42(8,9)10)34(29-52-56(17,18)41(5,6)7)37(47)33(28-51-55(15,16)40(2,3)4)35(45)25-36(46)44(12)49-14/h21-24,30,33-35,38-39,45H,25-29H2,1-20H3/t30-,33-,34-,35+,38+,39-,43-/m0/s1. The minimum Gasteiger partial charge on any atom is -0.497 e. The zero-order valence-electron chi connectivity index (χ0n) is 39.4. The van der Waals surface area contributed by atoms with Gasteiger partial charge in [-0.25, -0.2) is 5.06 Å². The summed E-state index contributed by atoms with van der Waals surface area (Å²) >= 11 is 0. The van der Waals surface area contributed by atoms with Crippen LogP contribution in [0.25, 0.3) is 0 Å². The number of hydrogen-bond acceptors (Lipinski definition) is 10. The lowest BCUT2D eigenvalue weighted by Gasteiger charge is -2.45. The summed E-state index contributed by atoms with van der Waals surface area (Å²) in [6, 6.07) is 7.82. The van der Waals surface area contributed by atoms with Crippen LogP contribution in [0, 0.1) is 17.8 Å². The minimum atomic E-state index is -2.56. The van der Waals surface area contributed by atoms with Gasteiger partial charge in [0.05, 0.1) is 64.0 Å². The van der Waals surface area contributed by atoms with E-state index in [2.05, 4.69) is 109 Å². The third kappa shape index (κ3) is 13.5. The molecule has 1 saturated heterocycles. The lowest BCUT2D eigenvalue weighted by atomic mass is 9.79. The van der Waals surface area contributed by atoms with Gasteiger partial charge in [0.2, 0.25) is 5.91 Å². The maximum atomic E-state index is 15.5. The van der Waals surface area contributed by atoms with Crippen molar-refractivity contribution in [3.8, 4) is 5.75 Å². The third-order valence-electron chi connectivity index (χ3n) is 13.4. The Morgan fingerprint density at radius 2 is 1.28 bits per heavy atom. The van der Waals surface area contributed by atoms with Gasteiger partial charge in [-0.3, -0.25) is 14.4 Å². The number of methoxy groups -OCH3 is 1. The molecule has 1 amide bonds. The lowest BCUT2D eigenvalue weighted by molar-refractivity contribution is -0.171. The number of nitrogens with zero attached hydrogens (tertiary/aromatic N) is 1.